The number of nitrogens with zero attached hydrogens (tertiary/aromatic N) is 6. The summed E-state index contributed by atoms with van der Waals surface area (Å²) >= 11 is 0. The van der Waals surface area contributed by atoms with Gasteiger partial charge in [-0.05, 0) is 55.7 Å². The molecule has 4 aromatic rings. The second-order valence-corrected chi connectivity index (χ2v) is 11.0. The van der Waals surface area contributed by atoms with E-state index in [0.717, 1.165) is 63.4 Å². The predicted molar refractivity (Wildman–Crippen MR) is 163 cm³/mol. The van der Waals surface area contributed by atoms with Gasteiger partial charge in [0.2, 0.25) is 0 Å². The fraction of sp³-hybridized carbons (Fsp3) is 0.406. The predicted octanol–water partition coefficient (Wildman–Crippen LogP) is 4.25. The number of methoxy groups -OCH3 is 1. The number of benzene rings is 1. The maximum absolute atomic E-state index is 13.2. The summed E-state index contributed by atoms with van der Waals surface area (Å²) in [6, 6.07) is 11.4. The normalized spacial score (nSPS) is 19.6. The van der Waals surface area contributed by atoms with Gasteiger partial charge in [0.25, 0.3) is 0 Å². The summed E-state index contributed by atoms with van der Waals surface area (Å²) in [7, 11) is 1.61. The Morgan fingerprint density at radius 3 is 2.81 bits per heavy atom. The standard InChI is InChI=1S/C32H37N7O4/c1-41-28-19-23(10-11-27(28)43-20-24-7-2-3-12-34-24)30-29-31(33)35-21-36-32(29)39(37-30)25-8-4-6-22(18-25)26(40)9-5-13-38-14-16-42-17-15-38/h2-3,5,7,9-12,19,21-22,25H,4,6,8,13-18,20H2,1H3,(H2,33,35,36)/b9-5+. The first kappa shape index (κ1) is 28.8. The molecule has 1 saturated heterocycles. The van der Waals surface area contributed by atoms with Gasteiger partial charge in [0.05, 0.1) is 37.4 Å². The Balaban J connectivity index is 1.23. The zero-order valence-electron chi connectivity index (χ0n) is 24.4. The highest BCUT2D eigenvalue weighted by molar-refractivity contribution is 5.98. The van der Waals surface area contributed by atoms with Gasteiger partial charge in [0.15, 0.2) is 22.9 Å². The van der Waals surface area contributed by atoms with Gasteiger partial charge in [-0.3, -0.25) is 14.7 Å². The smallest absolute Gasteiger partial charge is 0.164 e. The molecule has 6 rings (SSSR count). The number of nitrogens with two attached hydrogens (primary N) is 1. The summed E-state index contributed by atoms with van der Waals surface area (Å²) in [6.07, 6.45) is 10.4. The zero-order valence-corrected chi connectivity index (χ0v) is 24.4. The minimum absolute atomic E-state index is 0.0174. The first-order valence-corrected chi connectivity index (χ1v) is 14.8. The molecule has 0 amide bonds. The Morgan fingerprint density at radius 1 is 1.12 bits per heavy atom. The Kier molecular flexibility index (Phi) is 8.90. The van der Waals surface area contributed by atoms with Crippen LogP contribution in [-0.4, -0.2) is 75.4 Å². The molecule has 0 bridgehead atoms. The highest BCUT2D eigenvalue weighted by Crippen LogP contribution is 2.40. The number of allylic oxidation sites excluding steroid dienone is 1. The first-order valence-electron chi connectivity index (χ1n) is 14.8. The summed E-state index contributed by atoms with van der Waals surface area (Å²) in [5, 5.41) is 5.73. The molecule has 2 aliphatic rings. The van der Waals surface area contributed by atoms with E-state index in [1.165, 1.54) is 6.33 Å². The van der Waals surface area contributed by atoms with E-state index in [1.807, 2.05) is 47.2 Å². The molecule has 2 fully saturated rings. The average Bonchev–Trinajstić information content (AvgIpc) is 3.46. The van der Waals surface area contributed by atoms with Crippen molar-refractivity contribution in [3.63, 3.8) is 0 Å². The molecule has 2 N–H and O–H groups in total. The molecule has 1 aromatic carbocycles. The molecule has 2 unspecified atom stereocenters. The van der Waals surface area contributed by atoms with Crippen LogP contribution in [0.5, 0.6) is 11.5 Å². The van der Waals surface area contributed by atoms with Crippen LogP contribution in [0.2, 0.25) is 0 Å². The molecular formula is C32H37N7O4. The minimum atomic E-state index is -0.0581. The largest absolute Gasteiger partial charge is 0.493 e. The second-order valence-electron chi connectivity index (χ2n) is 11.0. The van der Waals surface area contributed by atoms with Crippen molar-refractivity contribution in [3.8, 4) is 22.8 Å². The zero-order chi connectivity index (χ0) is 29.6. The van der Waals surface area contributed by atoms with Crippen LogP contribution in [-0.2, 0) is 16.1 Å². The van der Waals surface area contributed by atoms with E-state index in [4.69, 9.17) is 25.0 Å². The van der Waals surface area contributed by atoms with Gasteiger partial charge in [-0.2, -0.15) is 5.10 Å². The van der Waals surface area contributed by atoms with E-state index >= 15 is 0 Å². The van der Waals surface area contributed by atoms with E-state index in [1.54, 1.807) is 19.4 Å². The average molecular weight is 584 g/mol. The van der Waals surface area contributed by atoms with Gasteiger partial charge in [0.1, 0.15) is 24.4 Å². The van der Waals surface area contributed by atoms with Crippen LogP contribution in [0.4, 0.5) is 5.82 Å². The highest BCUT2D eigenvalue weighted by atomic mass is 16.5. The number of ketones is 1. The summed E-state index contributed by atoms with van der Waals surface area (Å²) in [5.74, 6) is 1.64. The molecule has 43 heavy (non-hydrogen) atoms. The Hall–Kier alpha value is -4.35. The summed E-state index contributed by atoms with van der Waals surface area (Å²) < 4.78 is 19.0. The summed E-state index contributed by atoms with van der Waals surface area (Å²) in [6.45, 7) is 4.38. The molecule has 3 aromatic heterocycles. The molecular weight excluding hydrogens is 546 g/mol. The van der Waals surface area contributed by atoms with E-state index in [0.29, 0.717) is 47.1 Å². The van der Waals surface area contributed by atoms with Gasteiger partial charge >= 0.3 is 0 Å². The molecule has 0 spiro atoms. The van der Waals surface area contributed by atoms with E-state index < -0.39 is 0 Å². The minimum Gasteiger partial charge on any atom is -0.493 e. The lowest BCUT2D eigenvalue weighted by atomic mass is 9.83. The van der Waals surface area contributed by atoms with Crippen LogP contribution in [0.25, 0.3) is 22.3 Å². The van der Waals surface area contributed by atoms with Crippen LogP contribution in [0, 0.1) is 5.92 Å². The Labute approximate surface area is 250 Å². The van der Waals surface area contributed by atoms with Crippen molar-refractivity contribution in [2.24, 2.45) is 5.92 Å². The number of rotatable bonds is 10. The number of carbonyl (C=O) groups excluding carboxylic acids is 1. The third-order valence-corrected chi connectivity index (χ3v) is 8.20. The number of aromatic nitrogens is 5. The number of anilines is 1. The molecule has 2 atom stereocenters. The lowest BCUT2D eigenvalue weighted by molar-refractivity contribution is -0.119. The van der Waals surface area contributed by atoms with Crippen LogP contribution >= 0.6 is 0 Å². The fourth-order valence-electron chi connectivity index (χ4n) is 5.90. The van der Waals surface area contributed by atoms with Crippen LogP contribution < -0.4 is 15.2 Å². The number of nitrogen functional groups attached to an aromatic ring is 1. The van der Waals surface area contributed by atoms with Crippen LogP contribution in [0.3, 0.4) is 0 Å². The van der Waals surface area contributed by atoms with E-state index in [-0.39, 0.29) is 17.7 Å². The maximum atomic E-state index is 13.2. The molecule has 1 saturated carbocycles. The lowest BCUT2D eigenvalue weighted by Gasteiger charge is -2.28. The lowest BCUT2D eigenvalue weighted by Crippen LogP contribution is -2.36. The monoisotopic (exact) mass is 583 g/mol. The summed E-state index contributed by atoms with van der Waals surface area (Å²) in [4.78, 5) is 28.6. The SMILES string of the molecule is COc1cc(-c2nn(C3CCCC(C(=O)/C=C/CN4CCOCC4)C3)c3ncnc(N)c23)ccc1OCc1ccccn1. The third-order valence-electron chi connectivity index (χ3n) is 8.20. The number of ether oxygens (including phenoxy) is 3. The maximum Gasteiger partial charge on any atom is 0.164 e. The van der Waals surface area contributed by atoms with Gasteiger partial charge in [-0.1, -0.05) is 18.6 Å². The van der Waals surface area contributed by atoms with Gasteiger partial charge < -0.3 is 19.9 Å². The van der Waals surface area contributed by atoms with Crippen LogP contribution in [0.1, 0.15) is 37.4 Å². The fourth-order valence-corrected chi connectivity index (χ4v) is 5.90. The third kappa shape index (κ3) is 6.52. The topological polar surface area (TPSA) is 131 Å². The summed E-state index contributed by atoms with van der Waals surface area (Å²) in [5.41, 5.74) is 9.36. The number of carbonyl (C=O) groups is 1. The van der Waals surface area contributed by atoms with Gasteiger partial charge in [-0.25, -0.2) is 14.6 Å². The van der Waals surface area contributed by atoms with Gasteiger partial charge in [0, 0.05) is 37.3 Å². The van der Waals surface area contributed by atoms with Crippen molar-refractivity contribution in [1.29, 1.82) is 0 Å². The number of hydrogen-bond donors (Lipinski definition) is 1. The molecule has 0 radical (unpaired) electrons. The van der Waals surface area contributed by atoms with Crippen molar-refractivity contribution in [2.45, 2.75) is 38.3 Å². The second kappa shape index (κ2) is 13.3. The quantitative estimate of drug-likeness (QED) is 0.270. The number of hydrogen-bond acceptors (Lipinski definition) is 10. The van der Waals surface area contributed by atoms with Crippen LogP contribution in [0.15, 0.2) is 61.1 Å². The number of pyridine rings is 1. The van der Waals surface area contributed by atoms with Crippen molar-refractivity contribution >= 4 is 22.6 Å². The van der Waals surface area contributed by atoms with Crippen molar-refractivity contribution in [3.05, 3.63) is 66.8 Å². The molecule has 4 heterocycles. The molecule has 1 aliphatic carbocycles. The van der Waals surface area contributed by atoms with Gasteiger partial charge in [-0.15, -0.1) is 0 Å². The van der Waals surface area contributed by atoms with E-state index in [9.17, 15) is 4.79 Å². The van der Waals surface area contributed by atoms with Crippen molar-refractivity contribution in [1.82, 2.24) is 29.6 Å². The first-order chi connectivity index (χ1) is 21.1. The number of morpholine rings is 1. The molecule has 11 heteroatoms. The Bertz CT molecular complexity index is 1580. The van der Waals surface area contributed by atoms with Crippen molar-refractivity contribution < 1.29 is 19.0 Å². The molecule has 224 valence electrons. The molecule has 1 aliphatic heterocycles. The van der Waals surface area contributed by atoms with Crippen molar-refractivity contribution in [2.75, 3.05) is 45.7 Å². The molecule has 11 nitrogen and oxygen atoms in total. The van der Waals surface area contributed by atoms with E-state index in [2.05, 4.69) is 19.9 Å². The number of fused-ring (bicyclic) bond motifs is 1. The highest BCUT2D eigenvalue weighted by Gasteiger charge is 2.30. The Morgan fingerprint density at radius 2 is 2.00 bits per heavy atom.